The molecule has 1 fully saturated rings. The van der Waals surface area contributed by atoms with E-state index in [1.165, 1.54) is 0 Å². The number of hydrogen-bond donors (Lipinski definition) is 0. The molecule has 1 unspecified atom stereocenters. The maximum absolute atomic E-state index is 14.4. The molecule has 1 aliphatic rings. The zero-order valence-electron chi connectivity index (χ0n) is 15.5. The Bertz CT molecular complexity index is 709. The molecule has 1 aromatic rings. The van der Waals surface area contributed by atoms with E-state index in [9.17, 15) is 35.5 Å². The van der Waals surface area contributed by atoms with Crippen LogP contribution in [0.3, 0.4) is 0 Å². The van der Waals surface area contributed by atoms with E-state index in [4.69, 9.17) is 4.84 Å². The summed E-state index contributed by atoms with van der Waals surface area (Å²) in [6.45, 7) is 2.13. The van der Waals surface area contributed by atoms with Crippen molar-refractivity contribution in [3.63, 3.8) is 0 Å². The fourth-order valence-electron chi connectivity index (χ4n) is 3.47. The largest absolute Gasteiger partial charge is 0.431 e. The first-order chi connectivity index (χ1) is 13.1. The van der Waals surface area contributed by atoms with Gasteiger partial charge < -0.3 is 0 Å². The van der Waals surface area contributed by atoms with Crippen LogP contribution in [-0.2, 0) is 16.2 Å². The van der Waals surface area contributed by atoms with Gasteiger partial charge in [-0.3, -0.25) is 9.63 Å². The monoisotopic (exact) mass is 541 g/mol. The van der Waals surface area contributed by atoms with Crippen molar-refractivity contribution in [3.05, 3.63) is 35.9 Å². The Morgan fingerprint density at radius 2 is 1.66 bits per heavy atom. The molecule has 1 heterocycles. The quantitative estimate of drug-likeness (QED) is 0.266. The zero-order chi connectivity index (χ0) is 22.3. The number of carbonyl (C=O) groups excluding carboxylic acids is 1. The van der Waals surface area contributed by atoms with Gasteiger partial charge in [0, 0.05) is 16.3 Å². The van der Waals surface area contributed by atoms with Gasteiger partial charge in [-0.15, -0.1) is 0 Å². The summed E-state index contributed by atoms with van der Waals surface area (Å²) in [5.74, 6) is -2.08. The van der Waals surface area contributed by atoms with Crippen molar-refractivity contribution in [2.75, 3.05) is 6.54 Å². The Kier molecular flexibility index (Phi) is 6.83. The lowest BCUT2D eigenvalue weighted by Gasteiger charge is -2.38. The van der Waals surface area contributed by atoms with Crippen molar-refractivity contribution in [3.8, 4) is 0 Å². The fraction of sp³-hybridized carbons (Fsp3) is 0.611. The smallest absolute Gasteiger partial charge is 0.272 e. The highest BCUT2D eigenvalue weighted by Gasteiger charge is 2.75. The second-order valence-electron chi connectivity index (χ2n) is 7.30. The summed E-state index contributed by atoms with van der Waals surface area (Å²) in [7, 11) is 0. The van der Waals surface area contributed by atoms with Crippen LogP contribution in [0.2, 0.25) is 0 Å². The number of alkyl halides is 8. The summed E-state index contributed by atoms with van der Waals surface area (Å²) >= 11 is 1.80. The van der Waals surface area contributed by atoms with Crippen molar-refractivity contribution >= 4 is 28.5 Å². The van der Waals surface area contributed by atoms with Crippen molar-refractivity contribution in [1.82, 2.24) is 5.06 Å². The number of amides is 1. The van der Waals surface area contributed by atoms with E-state index in [0.717, 1.165) is 12.0 Å². The van der Waals surface area contributed by atoms with Gasteiger partial charge in [-0.05, 0) is 5.56 Å². The van der Waals surface area contributed by atoms with Gasteiger partial charge in [0.2, 0.25) is 0 Å². The average Bonchev–Trinajstić information content (AvgIpc) is 2.83. The summed E-state index contributed by atoms with van der Waals surface area (Å²) in [6, 6.07) is 8.50. The first kappa shape index (κ1) is 24.2. The van der Waals surface area contributed by atoms with Crippen molar-refractivity contribution < 1.29 is 40.4 Å². The molecule has 0 radical (unpaired) electrons. The summed E-state index contributed by atoms with van der Waals surface area (Å²) in [5.41, 5.74) is -7.11. The molecule has 0 aliphatic carbocycles. The summed E-state index contributed by atoms with van der Waals surface area (Å²) < 4.78 is 92.5. The Morgan fingerprint density at radius 3 is 2.10 bits per heavy atom. The predicted octanol–water partition coefficient (Wildman–Crippen LogP) is 5.63. The molecule has 3 atom stereocenters. The number of halogens is 8. The Balaban J connectivity index is 2.33. The third-order valence-corrected chi connectivity index (χ3v) is 6.06. The number of hydroxylamine groups is 2. The van der Waals surface area contributed by atoms with E-state index in [0.29, 0.717) is 5.56 Å². The molecular weight excluding hydrogens is 522 g/mol. The molecule has 1 aromatic carbocycles. The Morgan fingerprint density at radius 1 is 1.14 bits per heavy atom. The minimum Gasteiger partial charge on any atom is -0.272 e. The molecule has 1 saturated heterocycles. The van der Waals surface area contributed by atoms with E-state index in [-0.39, 0.29) is 13.2 Å². The van der Waals surface area contributed by atoms with Crippen LogP contribution in [0.5, 0.6) is 0 Å². The summed E-state index contributed by atoms with van der Waals surface area (Å²) in [6.07, 6.45) is -14.5. The van der Waals surface area contributed by atoms with Crippen LogP contribution in [0.15, 0.2) is 30.3 Å². The molecule has 3 nitrogen and oxygen atoms in total. The van der Waals surface area contributed by atoms with Gasteiger partial charge in [-0.2, -0.15) is 26.3 Å². The van der Waals surface area contributed by atoms with Gasteiger partial charge in [-0.25, -0.2) is 9.45 Å². The lowest BCUT2D eigenvalue weighted by Crippen LogP contribution is -2.57. The van der Waals surface area contributed by atoms with Gasteiger partial charge in [0.15, 0.2) is 0 Å². The lowest BCUT2D eigenvalue weighted by molar-refractivity contribution is -0.348. The molecule has 1 amide bonds. The zero-order valence-corrected chi connectivity index (χ0v) is 17.6. The van der Waals surface area contributed by atoms with Crippen LogP contribution in [0.1, 0.15) is 25.8 Å². The molecule has 0 N–H and O–H groups in total. The highest BCUT2D eigenvalue weighted by Crippen LogP contribution is 2.56. The molecular formula is C18H19F7INO2. The molecule has 0 saturated carbocycles. The van der Waals surface area contributed by atoms with Crippen LogP contribution < -0.4 is 0 Å². The van der Waals surface area contributed by atoms with Crippen LogP contribution >= 0.6 is 22.6 Å². The Hall–Kier alpha value is -1.11. The third-order valence-electron chi connectivity index (χ3n) is 5.19. The van der Waals surface area contributed by atoms with Gasteiger partial charge in [0.1, 0.15) is 6.61 Å². The highest BCUT2D eigenvalue weighted by molar-refractivity contribution is 14.1. The lowest BCUT2D eigenvalue weighted by atomic mass is 9.70. The summed E-state index contributed by atoms with van der Waals surface area (Å²) in [4.78, 5) is 18.1. The van der Waals surface area contributed by atoms with E-state index in [1.54, 1.807) is 59.8 Å². The Labute approximate surface area is 176 Å². The topological polar surface area (TPSA) is 29.5 Å². The molecule has 0 bridgehead atoms. The highest BCUT2D eigenvalue weighted by atomic mass is 127. The minimum atomic E-state index is -6.22. The van der Waals surface area contributed by atoms with Crippen LogP contribution in [-0.4, -0.2) is 39.5 Å². The molecule has 11 heteroatoms. The van der Waals surface area contributed by atoms with Gasteiger partial charge >= 0.3 is 12.4 Å². The number of benzene rings is 1. The standard InChI is InChI=1S/C18H19F7INO2/c1-11(26)13-8-27(29-9-12-6-4-3-5-7-12)14(28)15(13,2)10-16(19,17(20,21)22)18(23,24)25/h3-7,11,13H,8-10H2,1-2H3/t11?,13-,15-/m0/s1. The van der Waals surface area contributed by atoms with Crippen LogP contribution in [0.25, 0.3) is 0 Å². The van der Waals surface area contributed by atoms with E-state index in [1.807, 2.05) is 0 Å². The van der Waals surface area contributed by atoms with Crippen LogP contribution in [0.4, 0.5) is 30.7 Å². The minimum absolute atomic E-state index is 0.107. The first-order valence-corrected chi connectivity index (χ1v) is 9.83. The van der Waals surface area contributed by atoms with E-state index >= 15 is 0 Å². The van der Waals surface area contributed by atoms with Gasteiger partial charge in [0.05, 0.1) is 12.0 Å². The normalized spacial score (nSPS) is 24.8. The number of carbonyl (C=O) groups is 1. The maximum Gasteiger partial charge on any atom is 0.431 e. The second kappa shape index (κ2) is 8.20. The van der Waals surface area contributed by atoms with Gasteiger partial charge in [0.25, 0.3) is 11.6 Å². The predicted molar refractivity (Wildman–Crippen MR) is 98.6 cm³/mol. The molecule has 2 rings (SSSR count). The molecule has 0 aromatic heterocycles. The number of nitrogens with zero attached hydrogens (tertiary/aromatic N) is 1. The van der Waals surface area contributed by atoms with Crippen molar-refractivity contribution in [1.29, 1.82) is 0 Å². The third kappa shape index (κ3) is 4.64. The SMILES string of the molecule is CC(I)[C@@H]1CN(OCc2ccccc2)C(=O)[C@@]1(C)CC(F)(C(F)(F)F)C(F)(F)F. The van der Waals surface area contributed by atoms with Crippen LogP contribution in [0, 0.1) is 11.3 Å². The number of rotatable bonds is 6. The molecule has 29 heavy (non-hydrogen) atoms. The van der Waals surface area contributed by atoms with E-state index < -0.39 is 45.6 Å². The molecule has 1 aliphatic heterocycles. The summed E-state index contributed by atoms with van der Waals surface area (Å²) in [5, 5.41) is 0.750. The average molecular weight is 541 g/mol. The maximum atomic E-state index is 14.4. The fourth-order valence-corrected chi connectivity index (χ4v) is 4.49. The van der Waals surface area contributed by atoms with Crippen molar-refractivity contribution in [2.24, 2.45) is 11.3 Å². The second-order valence-corrected chi connectivity index (χ2v) is 9.27. The van der Waals surface area contributed by atoms with E-state index in [2.05, 4.69) is 0 Å². The number of hydrogen-bond acceptors (Lipinski definition) is 2. The molecule has 164 valence electrons. The van der Waals surface area contributed by atoms with Crippen molar-refractivity contribution in [2.45, 2.75) is 48.8 Å². The first-order valence-electron chi connectivity index (χ1n) is 8.59. The van der Waals surface area contributed by atoms with Gasteiger partial charge in [-0.1, -0.05) is 66.8 Å². The molecule has 0 spiro atoms.